The Bertz CT molecular complexity index is 1270. The molecule has 0 saturated heterocycles. The fraction of sp³-hybridized carbons (Fsp3) is 0.190. The zero-order valence-electron chi connectivity index (χ0n) is 16.6. The summed E-state index contributed by atoms with van der Waals surface area (Å²) in [4.78, 5) is 31.4. The number of nitro benzene ring substituents is 1. The van der Waals surface area contributed by atoms with E-state index in [0.29, 0.717) is 24.4 Å². The van der Waals surface area contributed by atoms with Crippen LogP contribution in [-0.2, 0) is 6.54 Å². The molecule has 4 N–H and O–H groups in total. The quantitative estimate of drug-likeness (QED) is 0.237. The molecule has 2 aromatic heterocycles. The Morgan fingerprint density at radius 3 is 2.74 bits per heavy atom. The van der Waals surface area contributed by atoms with Crippen molar-refractivity contribution in [3.05, 3.63) is 65.0 Å². The second-order valence-corrected chi connectivity index (χ2v) is 7.01. The van der Waals surface area contributed by atoms with Gasteiger partial charge in [-0.3, -0.25) is 10.1 Å². The van der Waals surface area contributed by atoms with Crippen LogP contribution in [0.25, 0.3) is 21.9 Å². The van der Waals surface area contributed by atoms with Crippen LogP contribution in [0.2, 0.25) is 0 Å². The third-order valence-electron chi connectivity index (χ3n) is 4.94. The zero-order chi connectivity index (χ0) is 21.8. The predicted molar refractivity (Wildman–Crippen MR) is 119 cm³/mol. The van der Waals surface area contributed by atoms with Gasteiger partial charge in [0.05, 0.1) is 22.3 Å². The largest absolute Gasteiger partial charge is 0.382 e. The smallest absolute Gasteiger partial charge is 0.319 e. The molecular formula is C21H21N7O3. The first-order valence-corrected chi connectivity index (χ1v) is 9.82. The van der Waals surface area contributed by atoms with Crippen molar-refractivity contribution >= 4 is 45.2 Å². The number of amides is 2. The lowest BCUT2D eigenvalue weighted by Crippen LogP contribution is -2.29. The number of benzene rings is 2. The number of nitrogens with two attached hydrogens (primary N) is 1. The second-order valence-electron chi connectivity index (χ2n) is 7.01. The maximum absolute atomic E-state index is 12.1. The van der Waals surface area contributed by atoms with Crippen molar-refractivity contribution in [3.8, 4) is 0 Å². The lowest BCUT2D eigenvalue weighted by atomic mass is 10.2. The van der Waals surface area contributed by atoms with Crippen LogP contribution in [0.1, 0.15) is 12.8 Å². The van der Waals surface area contributed by atoms with Gasteiger partial charge >= 0.3 is 6.03 Å². The molecule has 0 aliphatic carbocycles. The number of fused-ring (bicyclic) bond motifs is 3. The molecule has 31 heavy (non-hydrogen) atoms. The van der Waals surface area contributed by atoms with Crippen LogP contribution in [0.15, 0.2) is 54.9 Å². The van der Waals surface area contributed by atoms with E-state index in [1.165, 1.54) is 12.1 Å². The van der Waals surface area contributed by atoms with E-state index in [1.54, 1.807) is 18.5 Å². The minimum Gasteiger partial charge on any atom is -0.382 e. The highest BCUT2D eigenvalue weighted by molar-refractivity contribution is 6.06. The average molecular weight is 419 g/mol. The summed E-state index contributed by atoms with van der Waals surface area (Å²) in [6.45, 7) is 1.14. The van der Waals surface area contributed by atoms with Gasteiger partial charge in [-0.25, -0.2) is 14.8 Å². The van der Waals surface area contributed by atoms with Crippen molar-refractivity contribution in [2.24, 2.45) is 0 Å². The van der Waals surface area contributed by atoms with Crippen LogP contribution < -0.4 is 16.4 Å². The SMILES string of the molecule is Nc1nc2ccccc2c2c1ncn2CCCCNC(=O)Nc1ccccc1[N+](=O)[O-]. The number of unbranched alkanes of at least 4 members (excludes halogenated alkanes) is 1. The van der Waals surface area contributed by atoms with Gasteiger partial charge in [-0.1, -0.05) is 30.3 Å². The average Bonchev–Trinajstić information content (AvgIpc) is 3.19. The topological polar surface area (TPSA) is 141 Å². The van der Waals surface area contributed by atoms with Gasteiger partial charge in [0, 0.05) is 24.5 Å². The van der Waals surface area contributed by atoms with Crippen LogP contribution in [0, 0.1) is 10.1 Å². The van der Waals surface area contributed by atoms with E-state index in [0.717, 1.165) is 29.3 Å². The number of pyridine rings is 1. The van der Waals surface area contributed by atoms with Crippen molar-refractivity contribution in [1.29, 1.82) is 0 Å². The van der Waals surface area contributed by atoms with Gasteiger partial charge in [0.15, 0.2) is 5.82 Å². The number of nitrogens with zero attached hydrogens (tertiary/aromatic N) is 4. The Kier molecular flexibility index (Phi) is 5.61. The zero-order valence-corrected chi connectivity index (χ0v) is 16.6. The lowest BCUT2D eigenvalue weighted by molar-refractivity contribution is -0.383. The number of aryl methyl sites for hydroxylation is 1. The van der Waals surface area contributed by atoms with Gasteiger partial charge in [0.25, 0.3) is 5.69 Å². The first-order chi connectivity index (χ1) is 15.0. The molecule has 4 rings (SSSR count). The molecule has 4 aromatic rings. The summed E-state index contributed by atoms with van der Waals surface area (Å²) in [5, 5.41) is 17.3. The summed E-state index contributed by atoms with van der Waals surface area (Å²) in [6.07, 6.45) is 3.28. The Morgan fingerprint density at radius 1 is 1.13 bits per heavy atom. The van der Waals surface area contributed by atoms with Crippen molar-refractivity contribution in [3.63, 3.8) is 0 Å². The molecular weight excluding hydrogens is 398 g/mol. The number of anilines is 2. The highest BCUT2D eigenvalue weighted by atomic mass is 16.6. The first-order valence-electron chi connectivity index (χ1n) is 9.82. The fourth-order valence-electron chi connectivity index (χ4n) is 3.49. The predicted octanol–water partition coefficient (Wildman–Crippen LogP) is 3.68. The minimum atomic E-state index is -0.531. The number of nitrogens with one attached hydrogen (secondary N) is 2. The molecule has 10 nitrogen and oxygen atoms in total. The number of aromatic nitrogens is 3. The van der Waals surface area contributed by atoms with Gasteiger partial charge < -0.3 is 20.9 Å². The Hall–Kier alpha value is -4.21. The number of hydrogen-bond acceptors (Lipinski definition) is 6. The van der Waals surface area contributed by atoms with Gasteiger partial charge in [0.1, 0.15) is 11.2 Å². The molecule has 2 heterocycles. The summed E-state index contributed by atoms with van der Waals surface area (Å²) in [6, 6.07) is 13.3. The molecule has 0 unspecified atom stereocenters. The van der Waals surface area contributed by atoms with E-state index >= 15 is 0 Å². The molecule has 2 amide bonds. The Morgan fingerprint density at radius 2 is 1.90 bits per heavy atom. The number of hydrogen-bond donors (Lipinski definition) is 3. The maximum atomic E-state index is 12.1. The van der Waals surface area contributed by atoms with Crippen LogP contribution in [0.4, 0.5) is 22.0 Å². The van der Waals surface area contributed by atoms with Gasteiger partial charge in [-0.05, 0) is 25.0 Å². The summed E-state index contributed by atoms with van der Waals surface area (Å²) >= 11 is 0. The molecule has 0 saturated carbocycles. The Labute approximate surface area is 177 Å². The molecule has 0 atom stereocenters. The Balaban J connectivity index is 1.33. The number of imidazole rings is 1. The van der Waals surface area contributed by atoms with Crippen molar-refractivity contribution < 1.29 is 9.72 Å². The summed E-state index contributed by atoms with van der Waals surface area (Å²) in [7, 11) is 0. The molecule has 158 valence electrons. The number of carbonyl (C=O) groups is 1. The number of nitrogen functional groups attached to an aromatic ring is 1. The molecule has 0 aliphatic rings. The van der Waals surface area contributed by atoms with Crippen LogP contribution in [0.5, 0.6) is 0 Å². The highest BCUT2D eigenvalue weighted by Gasteiger charge is 2.14. The number of nitro groups is 1. The van der Waals surface area contributed by atoms with Crippen molar-refractivity contribution in [1.82, 2.24) is 19.9 Å². The molecule has 2 aromatic carbocycles. The van der Waals surface area contributed by atoms with Gasteiger partial charge in [-0.15, -0.1) is 0 Å². The van der Waals surface area contributed by atoms with E-state index in [4.69, 9.17) is 5.73 Å². The molecule has 0 aliphatic heterocycles. The molecule has 0 bridgehead atoms. The molecule has 0 radical (unpaired) electrons. The van der Waals surface area contributed by atoms with Crippen LogP contribution in [-0.4, -0.2) is 32.0 Å². The first kappa shape index (κ1) is 20.1. The highest BCUT2D eigenvalue weighted by Crippen LogP contribution is 2.27. The molecule has 10 heteroatoms. The van der Waals surface area contributed by atoms with Crippen LogP contribution in [0.3, 0.4) is 0 Å². The van der Waals surface area contributed by atoms with Crippen LogP contribution >= 0.6 is 0 Å². The number of carbonyl (C=O) groups excluding carboxylic acids is 1. The maximum Gasteiger partial charge on any atom is 0.319 e. The fourth-order valence-corrected chi connectivity index (χ4v) is 3.49. The third kappa shape index (κ3) is 4.22. The normalized spacial score (nSPS) is 11.0. The number of para-hydroxylation sites is 3. The number of rotatable bonds is 7. The van der Waals surface area contributed by atoms with Gasteiger partial charge in [0.2, 0.25) is 0 Å². The van der Waals surface area contributed by atoms with E-state index < -0.39 is 11.0 Å². The monoisotopic (exact) mass is 419 g/mol. The third-order valence-corrected chi connectivity index (χ3v) is 4.94. The van der Waals surface area contributed by atoms with E-state index in [-0.39, 0.29) is 11.4 Å². The van der Waals surface area contributed by atoms with Crippen molar-refractivity contribution in [2.45, 2.75) is 19.4 Å². The van der Waals surface area contributed by atoms with E-state index in [9.17, 15) is 14.9 Å². The minimum absolute atomic E-state index is 0.148. The summed E-state index contributed by atoms with van der Waals surface area (Å²) in [5.74, 6) is 0.404. The van der Waals surface area contributed by atoms with E-state index in [1.807, 2.05) is 28.8 Å². The standard InChI is InChI=1S/C21H21N7O3/c22-20-18-19(14-7-1-2-8-15(14)25-20)27(13-24-18)12-6-5-11-23-21(29)26-16-9-3-4-10-17(16)28(30)31/h1-4,7-10,13H,5-6,11-12H2,(H2,22,25)(H2,23,26,29). The molecule has 0 spiro atoms. The summed E-state index contributed by atoms with van der Waals surface area (Å²) in [5.41, 5.74) is 8.52. The van der Waals surface area contributed by atoms with Gasteiger partial charge in [-0.2, -0.15) is 0 Å². The lowest BCUT2D eigenvalue weighted by Gasteiger charge is -2.09. The van der Waals surface area contributed by atoms with Crippen molar-refractivity contribution in [2.75, 3.05) is 17.6 Å². The summed E-state index contributed by atoms with van der Waals surface area (Å²) < 4.78 is 2.04. The second kappa shape index (κ2) is 8.66. The van der Waals surface area contributed by atoms with E-state index in [2.05, 4.69) is 20.6 Å². The number of urea groups is 1. The molecule has 0 fully saturated rings.